The van der Waals surface area contributed by atoms with Crippen LogP contribution in [0.2, 0.25) is 0 Å². The zero-order chi connectivity index (χ0) is 15.5. The van der Waals surface area contributed by atoms with E-state index in [0.717, 1.165) is 0 Å². The van der Waals surface area contributed by atoms with E-state index in [2.05, 4.69) is 16.8 Å². The summed E-state index contributed by atoms with van der Waals surface area (Å²) in [5, 5.41) is 9.24. The van der Waals surface area contributed by atoms with Crippen molar-refractivity contribution < 1.29 is 13.5 Å². The van der Waals surface area contributed by atoms with Gasteiger partial charge in [0, 0.05) is 41.5 Å². The molecule has 7 heteroatoms. The molecule has 114 valence electrons. The molecule has 0 bridgehead atoms. The van der Waals surface area contributed by atoms with Crippen LogP contribution in [0.25, 0.3) is 0 Å². The second-order valence-electron chi connectivity index (χ2n) is 4.95. The van der Waals surface area contributed by atoms with E-state index >= 15 is 0 Å². The average molecular weight is 326 g/mol. The largest absolute Gasteiger partial charge is 0.384 e. The maximum atomic E-state index is 12.7. The van der Waals surface area contributed by atoms with E-state index in [1.165, 1.54) is 22.8 Å². The number of hydrogen-bond acceptors (Lipinski definition) is 5. The van der Waals surface area contributed by atoms with Crippen molar-refractivity contribution >= 4 is 21.8 Å². The van der Waals surface area contributed by atoms with Crippen LogP contribution in [0.1, 0.15) is 19.4 Å². The Morgan fingerprint density at radius 3 is 2.67 bits per heavy atom. The number of sulfonamides is 1. The first-order valence-electron chi connectivity index (χ1n) is 6.64. The Hall–Kier alpha value is -1.07. The first-order chi connectivity index (χ1) is 9.93. The summed E-state index contributed by atoms with van der Waals surface area (Å²) in [5.74, 6) is 5.17. The molecular weight excluding hydrogens is 308 g/mol. The van der Waals surface area contributed by atoms with E-state index in [1.54, 1.807) is 11.8 Å². The molecule has 1 aromatic heterocycles. The van der Waals surface area contributed by atoms with Crippen molar-refractivity contribution in [3.8, 4) is 11.8 Å². The normalized spacial score (nSPS) is 23.4. The summed E-state index contributed by atoms with van der Waals surface area (Å²) < 4.78 is 26.9. The predicted molar refractivity (Wildman–Crippen MR) is 83.5 cm³/mol. The summed E-state index contributed by atoms with van der Waals surface area (Å²) in [7, 11) is -3.55. The van der Waals surface area contributed by atoms with E-state index in [0.29, 0.717) is 18.7 Å². The molecule has 0 aliphatic carbocycles. The Balaban J connectivity index is 2.31. The van der Waals surface area contributed by atoms with Crippen molar-refractivity contribution in [2.24, 2.45) is 0 Å². The fraction of sp³-hybridized carbons (Fsp3) is 0.500. The molecular formula is C14H18N2O3S2. The van der Waals surface area contributed by atoms with E-state index in [1.807, 2.05) is 13.8 Å². The second kappa shape index (κ2) is 6.79. The zero-order valence-corrected chi connectivity index (χ0v) is 13.6. The highest BCUT2D eigenvalue weighted by atomic mass is 32.2. The van der Waals surface area contributed by atoms with Crippen LogP contribution in [0.5, 0.6) is 0 Å². The number of rotatable bonds is 2. The molecule has 0 radical (unpaired) electrons. The van der Waals surface area contributed by atoms with E-state index in [4.69, 9.17) is 5.11 Å². The van der Waals surface area contributed by atoms with Gasteiger partial charge in [-0.3, -0.25) is 4.98 Å². The van der Waals surface area contributed by atoms with Crippen molar-refractivity contribution in [3.05, 3.63) is 24.0 Å². The summed E-state index contributed by atoms with van der Waals surface area (Å²) in [5.41, 5.74) is 0.484. The first-order valence-corrected chi connectivity index (χ1v) is 9.02. The molecule has 1 saturated heterocycles. The molecule has 0 spiro atoms. The topological polar surface area (TPSA) is 70.5 Å². The van der Waals surface area contributed by atoms with Crippen LogP contribution in [-0.4, -0.2) is 53.0 Å². The molecule has 1 aliphatic rings. The molecule has 1 aliphatic heterocycles. The summed E-state index contributed by atoms with van der Waals surface area (Å²) in [6.07, 6.45) is 2.83. The molecule has 2 unspecified atom stereocenters. The number of thioether (sulfide) groups is 1. The standard InChI is InChI=1S/C14H18N2O3S2/c1-11-9-16(10-12(2)20-11)21(18,19)14-6-13(4-3-5-17)7-15-8-14/h6-8,11-12,17H,5,9-10H2,1-2H3. The maximum absolute atomic E-state index is 12.7. The lowest BCUT2D eigenvalue weighted by Crippen LogP contribution is -2.43. The first kappa shape index (κ1) is 16.3. The van der Waals surface area contributed by atoms with Gasteiger partial charge in [-0.2, -0.15) is 16.1 Å². The fourth-order valence-corrected chi connectivity index (χ4v) is 5.37. The van der Waals surface area contributed by atoms with Gasteiger partial charge in [-0.15, -0.1) is 0 Å². The molecule has 0 aromatic carbocycles. The second-order valence-corrected chi connectivity index (χ2v) is 8.77. The number of nitrogens with zero attached hydrogens (tertiary/aromatic N) is 2. The van der Waals surface area contributed by atoms with Crippen molar-refractivity contribution in [1.82, 2.24) is 9.29 Å². The summed E-state index contributed by atoms with van der Waals surface area (Å²) in [4.78, 5) is 4.09. The molecule has 2 rings (SSSR count). The lowest BCUT2D eigenvalue weighted by atomic mass is 10.3. The van der Waals surface area contributed by atoms with Crippen molar-refractivity contribution in [2.75, 3.05) is 19.7 Å². The van der Waals surface area contributed by atoms with Crippen LogP contribution in [0.4, 0.5) is 0 Å². The van der Waals surface area contributed by atoms with Crippen LogP contribution >= 0.6 is 11.8 Å². The minimum Gasteiger partial charge on any atom is -0.384 e. The van der Waals surface area contributed by atoms with Crippen LogP contribution in [0.3, 0.4) is 0 Å². The third kappa shape index (κ3) is 3.98. The number of pyridine rings is 1. The van der Waals surface area contributed by atoms with Gasteiger partial charge in [-0.25, -0.2) is 8.42 Å². The molecule has 1 N–H and O–H groups in total. The van der Waals surface area contributed by atoms with Gasteiger partial charge in [0.25, 0.3) is 0 Å². The highest BCUT2D eigenvalue weighted by Gasteiger charge is 2.32. The van der Waals surface area contributed by atoms with E-state index in [-0.39, 0.29) is 22.0 Å². The molecule has 5 nitrogen and oxygen atoms in total. The lowest BCUT2D eigenvalue weighted by molar-refractivity contribution is 0.350. The quantitative estimate of drug-likeness (QED) is 0.819. The Morgan fingerprint density at radius 1 is 1.38 bits per heavy atom. The Kier molecular flexibility index (Phi) is 5.27. The van der Waals surface area contributed by atoms with Crippen molar-refractivity contribution in [1.29, 1.82) is 0 Å². The highest BCUT2D eigenvalue weighted by Crippen LogP contribution is 2.28. The maximum Gasteiger partial charge on any atom is 0.244 e. The Morgan fingerprint density at radius 2 is 2.05 bits per heavy atom. The van der Waals surface area contributed by atoms with Gasteiger partial charge in [0.05, 0.1) is 0 Å². The van der Waals surface area contributed by atoms with E-state index < -0.39 is 10.0 Å². The fourth-order valence-electron chi connectivity index (χ4n) is 2.25. The Bertz CT molecular complexity index is 654. The van der Waals surface area contributed by atoms with Crippen molar-refractivity contribution in [3.63, 3.8) is 0 Å². The number of aliphatic hydroxyl groups is 1. The summed E-state index contributed by atoms with van der Waals surface area (Å²) in [6, 6.07) is 1.50. The third-order valence-electron chi connectivity index (χ3n) is 3.05. The lowest BCUT2D eigenvalue weighted by Gasteiger charge is -2.33. The minimum atomic E-state index is -3.55. The van der Waals surface area contributed by atoms with Crippen molar-refractivity contribution in [2.45, 2.75) is 29.2 Å². The third-order valence-corrected chi connectivity index (χ3v) is 6.07. The molecule has 1 aromatic rings. The van der Waals surface area contributed by atoms with Gasteiger partial charge in [0.1, 0.15) is 11.5 Å². The van der Waals surface area contributed by atoms with Crippen LogP contribution in [0, 0.1) is 11.8 Å². The monoisotopic (exact) mass is 326 g/mol. The summed E-state index contributed by atoms with van der Waals surface area (Å²) >= 11 is 1.80. The van der Waals surface area contributed by atoms with Gasteiger partial charge in [-0.05, 0) is 6.07 Å². The number of hydrogen-bond donors (Lipinski definition) is 1. The summed E-state index contributed by atoms with van der Waals surface area (Å²) in [6.45, 7) is 4.80. The number of aromatic nitrogens is 1. The smallest absolute Gasteiger partial charge is 0.244 e. The van der Waals surface area contributed by atoms with Gasteiger partial charge in [-0.1, -0.05) is 25.7 Å². The minimum absolute atomic E-state index is 0.151. The molecule has 0 amide bonds. The van der Waals surface area contributed by atoms with E-state index in [9.17, 15) is 8.42 Å². The van der Waals surface area contributed by atoms with Gasteiger partial charge in [0.2, 0.25) is 10.0 Å². The molecule has 0 saturated carbocycles. The molecule has 1 fully saturated rings. The average Bonchev–Trinajstić information content (AvgIpc) is 2.44. The molecule has 2 atom stereocenters. The van der Waals surface area contributed by atoms with Gasteiger partial charge >= 0.3 is 0 Å². The molecule has 21 heavy (non-hydrogen) atoms. The number of aliphatic hydroxyl groups excluding tert-OH is 1. The SMILES string of the molecule is CC1CN(S(=O)(=O)c2cncc(C#CCO)c2)CC(C)S1. The highest BCUT2D eigenvalue weighted by molar-refractivity contribution is 8.00. The van der Waals surface area contributed by atoms with Gasteiger partial charge in [0.15, 0.2) is 0 Å². The Labute approximate surface area is 129 Å². The van der Waals surface area contributed by atoms with Crippen LogP contribution < -0.4 is 0 Å². The van der Waals surface area contributed by atoms with Crippen LogP contribution in [-0.2, 0) is 10.0 Å². The molecule has 2 heterocycles. The predicted octanol–water partition coefficient (Wildman–Crippen LogP) is 0.940. The zero-order valence-electron chi connectivity index (χ0n) is 12.0. The van der Waals surface area contributed by atoms with Crippen LogP contribution in [0.15, 0.2) is 23.4 Å². The van der Waals surface area contributed by atoms with Gasteiger partial charge < -0.3 is 5.11 Å².